The lowest BCUT2D eigenvalue weighted by Crippen LogP contribution is -2.47. The van der Waals surface area contributed by atoms with Gasteiger partial charge < -0.3 is 10.2 Å². The highest BCUT2D eigenvalue weighted by molar-refractivity contribution is 7.90. The summed E-state index contributed by atoms with van der Waals surface area (Å²) in [5.41, 5.74) is 0.948. The zero-order valence-corrected chi connectivity index (χ0v) is 21.4. The van der Waals surface area contributed by atoms with E-state index < -0.39 is 22.0 Å². The molecule has 3 rings (SSSR count). The fourth-order valence-corrected chi connectivity index (χ4v) is 5.61. The number of carbonyl (C=O) groups is 3. The van der Waals surface area contributed by atoms with Crippen LogP contribution in [-0.2, 0) is 26.2 Å². The van der Waals surface area contributed by atoms with Gasteiger partial charge in [-0.15, -0.1) is 0 Å². The van der Waals surface area contributed by atoms with Crippen LogP contribution in [0, 0.1) is 0 Å². The molecule has 0 spiro atoms. The smallest absolute Gasteiger partial charge is 0.269 e. The fourth-order valence-electron chi connectivity index (χ4n) is 3.87. The van der Waals surface area contributed by atoms with E-state index in [4.69, 9.17) is 11.6 Å². The third-order valence-corrected chi connectivity index (χ3v) is 8.02. The summed E-state index contributed by atoms with van der Waals surface area (Å²) >= 11 is 5.97. The number of hydrogen-bond donors (Lipinski definition) is 1. The Balaban J connectivity index is 1.68. The van der Waals surface area contributed by atoms with E-state index in [1.165, 1.54) is 17.0 Å². The maximum Gasteiger partial charge on any atom is 0.269 e. The lowest BCUT2D eigenvalue weighted by Gasteiger charge is -2.29. The second-order valence-electron chi connectivity index (χ2n) is 8.45. The number of fused-ring (bicyclic) bond motifs is 1. The van der Waals surface area contributed by atoms with Crippen molar-refractivity contribution in [2.24, 2.45) is 0 Å². The number of sulfonamides is 1. The van der Waals surface area contributed by atoms with E-state index in [0.717, 1.165) is 22.7 Å². The molecule has 1 atom stereocenters. The Hall–Kier alpha value is -2.91. The third-order valence-electron chi connectivity index (χ3n) is 5.93. The van der Waals surface area contributed by atoms with Gasteiger partial charge in [0.15, 0.2) is 0 Å². The number of carbonyl (C=O) groups excluding carboxylic acids is 3. The van der Waals surface area contributed by atoms with E-state index in [1.807, 2.05) is 6.92 Å². The molecule has 10 heteroatoms. The van der Waals surface area contributed by atoms with Crippen LogP contribution in [0.2, 0.25) is 5.02 Å². The minimum absolute atomic E-state index is 0.0157. The van der Waals surface area contributed by atoms with Gasteiger partial charge in [0.25, 0.3) is 15.9 Å². The zero-order chi connectivity index (χ0) is 25.6. The van der Waals surface area contributed by atoms with E-state index in [-0.39, 0.29) is 48.2 Å². The summed E-state index contributed by atoms with van der Waals surface area (Å²) in [4.78, 5) is 39.9. The predicted molar refractivity (Wildman–Crippen MR) is 133 cm³/mol. The van der Waals surface area contributed by atoms with Crippen LogP contribution >= 0.6 is 11.6 Å². The Kier molecular flexibility index (Phi) is 8.91. The molecule has 2 aromatic rings. The molecule has 1 aliphatic rings. The lowest BCUT2D eigenvalue weighted by atomic mass is 10.1. The average molecular weight is 520 g/mol. The normalized spacial score (nSPS) is 14.9. The summed E-state index contributed by atoms with van der Waals surface area (Å²) in [5.74, 6) is -1.15. The van der Waals surface area contributed by atoms with Gasteiger partial charge in [-0.25, -0.2) is 12.7 Å². The molecule has 3 amide bonds. The largest absolute Gasteiger partial charge is 0.354 e. The maximum absolute atomic E-state index is 13.2. The van der Waals surface area contributed by atoms with Crippen molar-refractivity contribution in [1.29, 1.82) is 0 Å². The van der Waals surface area contributed by atoms with Gasteiger partial charge in [0.05, 0.1) is 5.56 Å². The molecule has 0 saturated heterocycles. The van der Waals surface area contributed by atoms with E-state index in [1.54, 1.807) is 43.3 Å². The van der Waals surface area contributed by atoms with Crippen LogP contribution in [-0.4, -0.2) is 54.5 Å². The van der Waals surface area contributed by atoms with E-state index in [0.29, 0.717) is 11.6 Å². The highest BCUT2D eigenvalue weighted by atomic mass is 35.5. The monoisotopic (exact) mass is 519 g/mol. The minimum atomic E-state index is -3.93. The molecule has 0 bridgehead atoms. The fraction of sp³-hybridized carbons (Fsp3) is 0.400. The molecular weight excluding hydrogens is 490 g/mol. The van der Waals surface area contributed by atoms with Gasteiger partial charge in [-0.1, -0.05) is 49.2 Å². The van der Waals surface area contributed by atoms with Gasteiger partial charge in [0.2, 0.25) is 11.8 Å². The number of nitrogens with zero attached hydrogens (tertiary/aromatic N) is 2. The lowest BCUT2D eigenvalue weighted by molar-refractivity contribution is -0.140. The molecule has 35 heavy (non-hydrogen) atoms. The van der Waals surface area contributed by atoms with Gasteiger partial charge in [-0.3, -0.25) is 14.4 Å². The molecule has 0 aromatic heterocycles. The van der Waals surface area contributed by atoms with E-state index in [2.05, 4.69) is 5.32 Å². The van der Waals surface area contributed by atoms with Crippen molar-refractivity contribution in [3.63, 3.8) is 0 Å². The molecule has 2 aromatic carbocycles. The number of benzene rings is 2. The molecule has 0 unspecified atom stereocenters. The first-order valence-corrected chi connectivity index (χ1v) is 13.5. The molecule has 8 nitrogen and oxygen atoms in total. The molecule has 0 radical (unpaired) electrons. The quantitative estimate of drug-likeness (QED) is 0.457. The highest BCUT2D eigenvalue weighted by Gasteiger charge is 2.40. The van der Waals surface area contributed by atoms with Crippen molar-refractivity contribution in [3.05, 3.63) is 64.7 Å². The molecule has 1 heterocycles. The van der Waals surface area contributed by atoms with Crippen molar-refractivity contribution in [1.82, 2.24) is 14.5 Å². The Morgan fingerprint density at radius 2 is 1.77 bits per heavy atom. The van der Waals surface area contributed by atoms with Crippen molar-refractivity contribution < 1.29 is 22.8 Å². The molecule has 0 saturated carbocycles. The summed E-state index contributed by atoms with van der Waals surface area (Å²) in [6.07, 6.45) is 1.89. The minimum Gasteiger partial charge on any atom is -0.354 e. The maximum atomic E-state index is 13.2. The number of hydrogen-bond acceptors (Lipinski definition) is 5. The van der Waals surface area contributed by atoms with Gasteiger partial charge in [0, 0.05) is 31.1 Å². The molecule has 188 valence electrons. The Morgan fingerprint density at radius 3 is 2.43 bits per heavy atom. The van der Waals surface area contributed by atoms with Gasteiger partial charge in [0.1, 0.15) is 10.9 Å². The Morgan fingerprint density at radius 1 is 1.09 bits per heavy atom. The summed E-state index contributed by atoms with van der Waals surface area (Å²) in [6.45, 7) is 4.30. The second-order valence-corrected chi connectivity index (χ2v) is 10.7. The van der Waals surface area contributed by atoms with Crippen LogP contribution in [0.3, 0.4) is 0 Å². The molecule has 0 aliphatic carbocycles. The molecule has 0 fully saturated rings. The molecule has 1 aliphatic heterocycles. The SMILES string of the molecule is CCCCNC(=O)[C@@H](C)N(Cc1ccc(Cl)cc1)C(=O)CCCN1C(=O)c2ccccc2S1(=O)=O. The standard InChI is InChI=1S/C25H30ClN3O5S/c1-3-4-15-27-24(31)18(2)28(17-19-11-13-20(26)14-12-19)23(30)10-7-16-29-25(32)21-8-5-6-9-22(21)35(29,33)34/h5-6,8-9,11-14,18H,3-4,7,10,15-17H2,1-2H3,(H,27,31)/t18-/m1/s1. The number of rotatable bonds is 11. The van der Waals surface area contributed by atoms with Crippen LogP contribution in [0.1, 0.15) is 55.5 Å². The number of nitrogens with one attached hydrogen (secondary N) is 1. The van der Waals surface area contributed by atoms with Crippen LogP contribution in [0.25, 0.3) is 0 Å². The van der Waals surface area contributed by atoms with Crippen LogP contribution in [0.4, 0.5) is 0 Å². The number of amides is 3. The van der Waals surface area contributed by atoms with Gasteiger partial charge in [-0.05, 0) is 49.6 Å². The van der Waals surface area contributed by atoms with Gasteiger partial charge >= 0.3 is 0 Å². The molecule has 1 N–H and O–H groups in total. The first-order valence-electron chi connectivity index (χ1n) is 11.6. The van der Waals surface area contributed by atoms with Gasteiger partial charge in [-0.2, -0.15) is 0 Å². The first kappa shape index (κ1) is 26.7. The second kappa shape index (κ2) is 11.7. The summed E-state index contributed by atoms with van der Waals surface area (Å²) in [7, 11) is -3.93. The van der Waals surface area contributed by atoms with Crippen molar-refractivity contribution >= 4 is 39.3 Å². The summed E-state index contributed by atoms with van der Waals surface area (Å²) < 4.78 is 26.3. The van der Waals surface area contributed by atoms with Crippen LogP contribution in [0.15, 0.2) is 53.4 Å². The van der Waals surface area contributed by atoms with Crippen molar-refractivity contribution in [3.8, 4) is 0 Å². The van der Waals surface area contributed by atoms with Crippen molar-refractivity contribution in [2.45, 2.75) is 57.0 Å². The van der Waals surface area contributed by atoms with Crippen molar-refractivity contribution in [2.75, 3.05) is 13.1 Å². The summed E-state index contributed by atoms with van der Waals surface area (Å²) in [6, 6.07) is 12.3. The first-order chi connectivity index (χ1) is 16.7. The highest BCUT2D eigenvalue weighted by Crippen LogP contribution is 2.30. The predicted octanol–water partition coefficient (Wildman–Crippen LogP) is 3.60. The number of halogens is 1. The topological polar surface area (TPSA) is 104 Å². The van der Waals surface area contributed by atoms with Crippen LogP contribution in [0.5, 0.6) is 0 Å². The molecular formula is C25H30ClN3O5S. The van der Waals surface area contributed by atoms with E-state index in [9.17, 15) is 22.8 Å². The summed E-state index contributed by atoms with van der Waals surface area (Å²) in [5, 5.41) is 3.42. The Labute approximate surface area is 211 Å². The average Bonchev–Trinajstić information content (AvgIpc) is 3.04. The van der Waals surface area contributed by atoms with Crippen LogP contribution < -0.4 is 5.32 Å². The Bertz CT molecular complexity index is 1180. The third kappa shape index (κ3) is 6.21. The van der Waals surface area contributed by atoms with E-state index >= 15 is 0 Å². The zero-order valence-electron chi connectivity index (χ0n) is 19.9. The number of unbranched alkanes of at least 4 members (excludes halogenated alkanes) is 1.